The Balaban J connectivity index is 1.90. The van der Waals surface area contributed by atoms with E-state index >= 15 is 0 Å². The van der Waals surface area contributed by atoms with Gasteiger partial charge in [0.2, 0.25) is 5.92 Å². The second-order valence-electron chi connectivity index (χ2n) is 6.61. The molecule has 2 aliphatic rings. The van der Waals surface area contributed by atoms with Crippen LogP contribution < -0.4 is 0 Å². The van der Waals surface area contributed by atoms with Crippen molar-refractivity contribution in [2.75, 3.05) is 0 Å². The van der Waals surface area contributed by atoms with E-state index in [-0.39, 0.29) is 32.1 Å². The molecule has 0 amide bonds. The lowest BCUT2D eigenvalue weighted by Crippen LogP contribution is -2.47. The molecule has 0 bridgehead atoms. The molecule has 22 heavy (non-hydrogen) atoms. The van der Waals surface area contributed by atoms with Gasteiger partial charge in [0.15, 0.2) is 0 Å². The number of hydrogen-bond donors (Lipinski definition) is 0. The molecule has 0 radical (unpaired) electrons. The summed E-state index contributed by atoms with van der Waals surface area (Å²) < 4.78 is 52.9. The molecule has 0 unspecified atom stereocenters. The maximum absolute atomic E-state index is 13.2. The minimum atomic E-state index is -2.67. The molecule has 1 heterocycles. The Hall–Kier alpha value is -1.10. The first kappa shape index (κ1) is 15.8. The fourth-order valence-electron chi connectivity index (χ4n) is 3.32. The van der Waals surface area contributed by atoms with Crippen molar-refractivity contribution in [3.05, 3.63) is 34.6 Å². The van der Waals surface area contributed by atoms with Gasteiger partial charge in [0.25, 0.3) is 5.92 Å². The molecule has 0 spiro atoms. The molecule has 2 aliphatic carbocycles. The highest BCUT2D eigenvalue weighted by Gasteiger charge is 2.55. The van der Waals surface area contributed by atoms with Crippen molar-refractivity contribution in [3.63, 3.8) is 0 Å². The van der Waals surface area contributed by atoms with Crippen LogP contribution in [-0.2, 0) is 5.41 Å². The van der Waals surface area contributed by atoms with E-state index in [2.05, 4.69) is 4.98 Å². The molecule has 1 nitrogen and oxygen atoms in total. The van der Waals surface area contributed by atoms with Crippen molar-refractivity contribution < 1.29 is 17.6 Å². The van der Waals surface area contributed by atoms with Crippen molar-refractivity contribution in [2.45, 2.75) is 56.3 Å². The molecule has 120 valence electrons. The minimum absolute atomic E-state index is 0.220. The Kier molecular flexibility index (Phi) is 3.55. The van der Waals surface area contributed by atoms with Gasteiger partial charge in [-0.15, -0.1) is 0 Å². The summed E-state index contributed by atoms with van der Waals surface area (Å²) in [6.45, 7) is 1.74. The van der Waals surface area contributed by atoms with E-state index in [1.54, 1.807) is 13.0 Å². The molecule has 1 saturated carbocycles. The average Bonchev–Trinajstić information content (AvgIpc) is 2.37. The molecule has 0 aromatic carbocycles. The molecule has 1 aromatic heterocycles. The average molecular weight is 334 g/mol. The summed E-state index contributed by atoms with van der Waals surface area (Å²) in [6.07, 6.45) is 2.13. The Morgan fingerprint density at radius 2 is 1.82 bits per heavy atom. The lowest BCUT2D eigenvalue weighted by Gasteiger charge is -2.44. The van der Waals surface area contributed by atoms with Gasteiger partial charge in [0.1, 0.15) is 0 Å². The van der Waals surface area contributed by atoms with Gasteiger partial charge in [-0.25, -0.2) is 17.6 Å². The summed E-state index contributed by atoms with van der Waals surface area (Å²) in [5.41, 5.74) is 1.26. The predicted molar refractivity (Wildman–Crippen MR) is 77.6 cm³/mol. The van der Waals surface area contributed by atoms with Gasteiger partial charge in [-0.3, -0.25) is 4.98 Å². The molecule has 0 atom stereocenters. The largest absolute Gasteiger partial charge is 0.259 e. The summed E-state index contributed by atoms with van der Waals surface area (Å²) in [7, 11) is 0. The van der Waals surface area contributed by atoms with Crippen molar-refractivity contribution in [1.82, 2.24) is 4.98 Å². The van der Waals surface area contributed by atoms with Crippen LogP contribution in [0.5, 0.6) is 0 Å². The highest BCUT2D eigenvalue weighted by atomic mass is 35.5. The molecular formula is C16H16ClF4N. The molecular weight excluding hydrogens is 318 g/mol. The number of rotatable bonds is 2. The van der Waals surface area contributed by atoms with Crippen LogP contribution in [-0.4, -0.2) is 16.8 Å². The van der Waals surface area contributed by atoms with Crippen LogP contribution in [0.15, 0.2) is 18.3 Å². The smallest absolute Gasteiger partial charge is 0.251 e. The molecule has 3 rings (SSSR count). The number of hydrogen-bond acceptors (Lipinski definition) is 1. The fraction of sp³-hybridized carbons (Fsp3) is 0.562. The Morgan fingerprint density at radius 1 is 1.14 bits per heavy atom. The van der Waals surface area contributed by atoms with E-state index in [1.807, 2.05) is 0 Å². The topological polar surface area (TPSA) is 12.9 Å². The zero-order chi connectivity index (χ0) is 16.2. The minimum Gasteiger partial charge on any atom is -0.259 e. The Bertz CT molecular complexity index is 631. The van der Waals surface area contributed by atoms with Crippen LogP contribution in [0, 0.1) is 0 Å². The third kappa shape index (κ3) is 2.87. The summed E-state index contributed by atoms with van der Waals surface area (Å²) in [5.74, 6) is -5.32. The lowest BCUT2D eigenvalue weighted by molar-refractivity contribution is -0.122. The van der Waals surface area contributed by atoms with Crippen LogP contribution in [0.25, 0.3) is 5.57 Å². The number of alkyl halides is 4. The molecule has 0 aliphatic heterocycles. The molecule has 1 aromatic rings. The second kappa shape index (κ2) is 4.95. The molecule has 0 saturated heterocycles. The third-order valence-corrected chi connectivity index (χ3v) is 4.83. The van der Waals surface area contributed by atoms with Gasteiger partial charge in [0.05, 0.1) is 5.02 Å². The highest BCUT2D eigenvalue weighted by molar-refractivity contribution is 6.32. The zero-order valence-electron chi connectivity index (χ0n) is 12.1. The van der Waals surface area contributed by atoms with E-state index in [4.69, 9.17) is 11.6 Å². The van der Waals surface area contributed by atoms with E-state index in [0.29, 0.717) is 16.3 Å². The standard InChI is InChI=1S/C16H16ClF4N/c1-14(8-16(20,21)9-14)13-6-11(12(17)7-22-13)10-2-4-15(18,19)5-3-10/h2,6-7H,3-5,8-9H2,1H3. The van der Waals surface area contributed by atoms with Gasteiger partial charge >= 0.3 is 0 Å². The molecule has 6 heteroatoms. The summed E-state index contributed by atoms with van der Waals surface area (Å²) in [5, 5.41) is 0.370. The van der Waals surface area contributed by atoms with E-state index < -0.39 is 17.3 Å². The van der Waals surface area contributed by atoms with Crippen LogP contribution in [0.3, 0.4) is 0 Å². The monoisotopic (exact) mass is 333 g/mol. The quantitative estimate of drug-likeness (QED) is 0.640. The predicted octanol–water partition coefficient (Wildman–Crippen LogP) is 5.62. The van der Waals surface area contributed by atoms with Crippen molar-refractivity contribution in [2.24, 2.45) is 0 Å². The fourth-order valence-corrected chi connectivity index (χ4v) is 3.55. The van der Waals surface area contributed by atoms with Gasteiger partial charge in [-0.2, -0.15) is 0 Å². The maximum Gasteiger partial charge on any atom is 0.251 e. The van der Waals surface area contributed by atoms with E-state index in [0.717, 1.165) is 5.57 Å². The summed E-state index contributed by atoms with van der Waals surface area (Å²) in [4.78, 5) is 4.18. The van der Waals surface area contributed by atoms with Crippen LogP contribution in [0.1, 0.15) is 50.3 Å². The van der Waals surface area contributed by atoms with Gasteiger partial charge in [-0.05, 0) is 23.6 Å². The van der Waals surface area contributed by atoms with E-state index in [1.165, 1.54) is 12.3 Å². The van der Waals surface area contributed by atoms with Crippen molar-refractivity contribution in [1.29, 1.82) is 0 Å². The third-order valence-electron chi connectivity index (χ3n) is 4.52. The van der Waals surface area contributed by atoms with E-state index in [9.17, 15) is 17.6 Å². The summed E-state index contributed by atoms with van der Waals surface area (Å²) in [6, 6.07) is 1.69. The maximum atomic E-state index is 13.2. The Labute approximate surface area is 131 Å². The first-order valence-electron chi connectivity index (χ1n) is 7.21. The molecule has 1 fully saturated rings. The number of pyridine rings is 1. The second-order valence-corrected chi connectivity index (χ2v) is 7.02. The lowest BCUT2D eigenvalue weighted by atomic mass is 9.65. The van der Waals surface area contributed by atoms with Gasteiger partial charge < -0.3 is 0 Å². The number of halogens is 5. The van der Waals surface area contributed by atoms with Crippen molar-refractivity contribution in [3.8, 4) is 0 Å². The van der Waals surface area contributed by atoms with Crippen LogP contribution >= 0.6 is 11.6 Å². The van der Waals surface area contributed by atoms with Gasteiger partial charge in [0, 0.05) is 43.0 Å². The van der Waals surface area contributed by atoms with Crippen LogP contribution in [0.4, 0.5) is 17.6 Å². The normalized spacial score (nSPS) is 25.3. The SMILES string of the molecule is CC1(c2cc(C3=CCC(F)(F)CC3)c(Cl)cn2)CC(F)(F)C1. The zero-order valence-corrected chi connectivity index (χ0v) is 12.9. The Morgan fingerprint density at radius 3 is 2.36 bits per heavy atom. The molecule has 0 N–H and O–H groups in total. The number of allylic oxidation sites excluding steroid dienone is 2. The number of aromatic nitrogens is 1. The first-order chi connectivity index (χ1) is 10.1. The number of nitrogens with zero attached hydrogens (tertiary/aromatic N) is 1. The van der Waals surface area contributed by atoms with Crippen molar-refractivity contribution >= 4 is 17.2 Å². The highest BCUT2D eigenvalue weighted by Crippen LogP contribution is 2.53. The van der Waals surface area contributed by atoms with Gasteiger partial charge in [-0.1, -0.05) is 24.6 Å². The summed E-state index contributed by atoms with van der Waals surface area (Å²) >= 11 is 6.13. The van der Waals surface area contributed by atoms with Crippen LogP contribution in [0.2, 0.25) is 5.02 Å². The first-order valence-corrected chi connectivity index (χ1v) is 7.59.